The zero-order valence-corrected chi connectivity index (χ0v) is 18.9. The normalized spacial score (nSPS) is 16.5. The number of rotatable bonds is 4. The highest BCUT2D eigenvalue weighted by Gasteiger charge is 2.31. The number of nitrogens with one attached hydrogen (secondary N) is 1. The Kier molecular flexibility index (Phi) is 6.12. The Bertz CT molecular complexity index is 1320. The number of hydrogen-bond acceptors (Lipinski definition) is 6. The maximum Gasteiger partial charge on any atom is 0.246 e. The summed E-state index contributed by atoms with van der Waals surface area (Å²) in [6, 6.07) is 1.45. The molecule has 172 valence electrons. The van der Waals surface area contributed by atoms with Crippen LogP contribution in [0.1, 0.15) is 35.5 Å². The standard InChI is InChI=1S/C22H23ClFN7O2/c1-4-16(32)30-8-7-13(10-30)31-22(26-2)17(21(25)33)14(28-31)6-5-12-9-15-20(19(24)18(12)23)29(3)11-27-15/h4,9,11,13,21,26,33H,1,7-8,10,25H2,2-3H3/t13-,21?/m0/s1. The number of hydrogen-bond donors (Lipinski definition) is 3. The molecule has 1 fully saturated rings. The fourth-order valence-corrected chi connectivity index (χ4v) is 4.26. The summed E-state index contributed by atoms with van der Waals surface area (Å²) in [4.78, 5) is 17.8. The summed E-state index contributed by atoms with van der Waals surface area (Å²) in [5.74, 6) is 5.43. The van der Waals surface area contributed by atoms with E-state index in [4.69, 9.17) is 17.3 Å². The average molecular weight is 472 g/mol. The maximum absolute atomic E-state index is 14.8. The van der Waals surface area contributed by atoms with Gasteiger partial charge in [0.15, 0.2) is 5.82 Å². The number of amides is 1. The van der Waals surface area contributed by atoms with E-state index in [2.05, 4.69) is 33.8 Å². The van der Waals surface area contributed by atoms with Crippen molar-refractivity contribution in [2.45, 2.75) is 18.7 Å². The van der Waals surface area contributed by atoms with Crippen LogP contribution in [0.3, 0.4) is 0 Å². The first kappa shape index (κ1) is 22.8. The van der Waals surface area contributed by atoms with Gasteiger partial charge in [-0.3, -0.25) is 4.79 Å². The number of aliphatic hydroxyl groups excluding tert-OH is 1. The molecule has 1 aliphatic rings. The van der Waals surface area contributed by atoms with Gasteiger partial charge >= 0.3 is 0 Å². The van der Waals surface area contributed by atoms with Gasteiger partial charge in [-0.05, 0) is 24.5 Å². The van der Waals surface area contributed by atoms with E-state index in [1.54, 1.807) is 34.3 Å². The molecule has 4 rings (SSSR count). The van der Waals surface area contributed by atoms with Crippen molar-refractivity contribution in [3.8, 4) is 11.8 Å². The largest absolute Gasteiger partial charge is 0.374 e. The molecule has 3 heterocycles. The number of carbonyl (C=O) groups is 1. The number of halogens is 2. The number of carbonyl (C=O) groups excluding carboxylic acids is 1. The summed E-state index contributed by atoms with van der Waals surface area (Å²) in [6.07, 6.45) is 2.07. The molecule has 0 spiro atoms. The Morgan fingerprint density at radius 3 is 2.94 bits per heavy atom. The van der Waals surface area contributed by atoms with Crippen LogP contribution in [0.4, 0.5) is 10.2 Å². The lowest BCUT2D eigenvalue weighted by Gasteiger charge is -2.17. The van der Waals surface area contributed by atoms with E-state index in [0.29, 0.717) is 36.4 Å². The van der Waals surface area contributed by atoms with Crippen LogP contribution in [0, 0.1) is 17.7 Å². The number of anilines is 1. The van der Waals surface area contributed by atoms with Crippen molar-refractivity contribution in [2.75, 3.05) is 25.5 Å². The lowest BCUT2D eigenvalue weighted by Crippen LogP contribution is -2.27. The van der Waals surface area contributed by atoms with Gasteiger partial charge in [0.25, 0.3) is 0 Å². The second kappa shape index (κ2) is 8.86. The van der Waals surface area contributed by atoms with Crippen molar-refractivity contribution in [3.63, 3.8) is 0 Å². The number of benzene rings is 1. The van der Waals surface area contributed by atoms with Crippen LogP contribution in [0.25, 0.3) is 11.0 Å². The topological polar surface area (TPSA) is 114 Å². The first-order valence-electron chi connectivity index (χ1n) is 10.2. The van der Waals surface area contributed by atoms with Crippen molar-refractivity contribution in [3.05, 3.63) is 52.7 Å². The van der Waals surface area contributed by atoms with Gasteiger partial charge in [-0.1, -0.05) is 24.1 Å². The van der Waals surface area contributed by atoms with Gasteiger partial charge in [0, 0.05) is 32.7 Å². The molecule has 2 aromatic heterocycles. The number of fused-ring (bicyclic) bond motifs is 1. The van der Waals surface area contributed by atoms with Gasteiger partial charge in [0.1, 0.15) is 23.3 Å². The van der Waals surface area contributed by atoms with Gasteiger partial charge in [0.05, 0.1) is 28.5 Å². The Hall–Kier alpha value is -3.39. The van der Waals surface area contributed by atoms with Crippen LogP contribution in [0.15, 0.2) is 25.0 Å². The van der Waals surface area contributed by atoms with E-state index in [0.717, 1.165) is 0 Å². The van der Waals surface area contributed by atoms with Gasteiger partial charge < -0.3 is 25.6 Å². The van der Waals surface area contributed by atoms with Crippen LogP contribution in [-0.2, 0) is 11.8 Å². The molecular weight excluding hydrogens is 449 g/mol. The van der Waals surface area contributed by atoms with Crippen molar-refractivity contribution >= 4 is 34.4 Å². The van der Waals surface area contributed by atoms with Crippen LogP contribution in [0.5, 0.6) is 0 Å². The molecule has 1 amide bonds. The van der Waals surface area contributed by atoms with Crippen LogP contribution in [-0.4, -0.2) is 55.4 Å². The molecule has 0 radical (unpaired) electrons. The Morgan fingerprint density at radius 1 is 1.52 bits per heavy atom. The molecule has 3 aromatic rings. The average Bonchev–Trinajstić information content (AvgIpc) is 3.51. The van der Waals surface area contributed by atoms with Crippen molar-refractivity contribution in [1.82, 2.24) is 24.2 Å². The smallest absolute Gasteiger partial charge is 0.246 e. The molecule has 11 heteroatoms. The van der Waals surface area contributed by atoms with E-state index in [-0.39, 0.29) is 33.7 Å². The summed E-state index contributed by atoms with van der Waals surface area (Å²) >= 11 is 6.22. The number of nitrogens with two attached hydrogens (primary N) is 1. The van der Waals surface area contributed by atoms with E-state index in [1.807, 2.05) is 0 Å². The third kappa shape index (κ3) is 3.95. The zero-order chi connectivity index (χ0) is 23.9. The monoisotopic (exact) mass is 471 g/mol. The minimum absolute atomic E-state index is 0.129. The molecule has 1 aromatic carbocycles. The Morgan fingerprint density at radius 2 is 2.27 bits per heavy atom. The van der Waals surface area contributed by atoms with E-state index < -0.39 is 12.0 Å². The summed E-state index contributed by atoms with van der Waals surface area (Å²) in [6.45, 7) is 4.51. The third-order valence-electron chi connectivity index (χ3n) is 5.67. The lowest BCUT2D eigenvalue weighted by atomic mass is 10.1. The minimum atomic E-state index is -1.36. The third-order valence-corrected chi connectivity index (χ3v) is 6.04. The van der Waals surface area contributed by atoms with E-state index >= 15 is 0 Å². The molecule has 4 N–H and O–H groups in total. The predicted molar refractivity (Wildman–Crippen MR) is 123 cm³/mol. The van der Waals surface area contributed by atoms with Crippen molar-refractivity contribution < 1.29 is 14.3 Å². The molecule has 1 saturated heterocycles. The van der Waals surface area contributed by atoms with E-state index in [9.17, 15) is 14.3 Å². The number of aryl methyl sites for hydroxylation is 1. The van der Waals surface area contributed by atoms with Crippen LogP contribution in [0.2, 0.25) is 5.02 Å². The molecule has 1 aliphatic heterocycles. The maximum atomic E-state index is 14.8. The minimum Gasteiger partial charge on any atom is -0.374 e. The Labute approximate surface area is 194 Å². The number of likely N-dealkylation sites (tertiary alicyclic amines) is 1. The highest BCUT2D eigenvalue weighted by molar-refractivity contribution is 6.32. The van der Waals surface area contributed by atoms with Gasteiger partial charge in [-0.2, -0.15) is 5.10 Å². The molecular formula is C22H23ClFN7O2. The zero-order valence-electron chi connectivity index (χ0n) is 18.1. The van der Waals surface area contributed by atoms with Gasteiger partial charge in [-0.15, -0.1) is 0 Å². The second-order valence-corrected chi connectivity index (χ2v) is 8.08. The van der Waals surface area contributed by atoms with Crippen LogP contribution >= 0.6 is 11.6 Å². The number of nitrogens with zero attached hydrogens (tertiary/aromatic N) is 5. The predicted octanol–water partition coefficient (Wildman–Crippen LogP) is 1.91. The molecule has 0 aliphatic carbocycles. The van der Waals surface area contributed by atoms with E-state index in [1.165, 1.54) is 12.4 Å². The summed E-state index contributed by atoms with van der Waals surface area (Å²) in [5, 5.41) is 17.7. The fourth-order valence-electron chi connectivity index (χ4n) is 4.06. The molecule has 0 bridgehead atoms. The summed E-state index contributed by atoms with van der Waals surface area (Å²) in [7, 11) is 3.35. The number of aliphatic hydroxyl groups is 1. The molecule has 33 heavy (non-hydrogen) atoms. The van der Waals surface area contributed by atoms with Gasteiger partial charge in [-0.25, -0.2) is 14.1 Å². The lowest BCUT2D eigenvalue weighted by molar-refractivity contribution is -0.125. The second-order valence-electron chi connectivity index (χ2n) is 7.71. The molecule has 0 saturated carbocycles. The molecule has 9 nitrogen and oxygen atoms in total. The highest BCUT2D eigenvalue weighted by atomic mass is 35.5. The SMILES string of the molecule is C=CC(=O)N1CC[C@H](n2nc(C#Cc3cc4ncn(C)c4c(F)c3Cl)c(C(N)O)c2NC)C1. The number of imidazole rings is 1. The molecule has 1 unspecified atom stereocenters. The fraction of sp³-hybridized carbons (Fsp3) is 0.318. The molecule has 2 atom stereocenters. The van der Waals surface area contributed by atoms with Crippen molar-refractivity contribution in [2.24, 2.45) is 12.8 Å². The Balaban J connectivity index is 1.76. The quantitative estimate of drug-likeness (QED) is 0.304. The first-order valence-corrected chi connectivity index (χ1v) is 10.6. The van der Waals surface area contributed by atoms with Crippen molar-refractivity contribution in [1.29, 1.82) is 0 Å². The number of aromatic nitrogens is 4. The van der Waals surface area contributed by atoms with Crippen LogP contribution < -0.4 is 11.1 Å². The van der Waals surface area contributed by atoms with Gasteiger partial charge in [0.2, 0.25) is 5.91 Å². The summed E-state index contributed by atoms with van der Waals surface area (Å²) in [5.41, 5.74) is 7.28. The highest BCUT2D eigenvalue weighted by Crippen LogP contribution is 2.32. The first-order chi connectivity index (χ1) is 15.8. The summed E-state index contributed by atoms with van der Waals surface area (Å²) < 4.78 is 18.0.